The highest BCUT2D eigenvalue weighted by atomic mass is 127. The average molecular weight is 466 g/mol. The van der Waals surface area contributed by atoms with Crippen molar-refractivity contribution in [3.63, 3.8) is 0 Å². The van der Waals surface area contributed by atoms with Gasteiger partial charge in [0.25, 0.3) is 0 Å². The molecule has 120 valence electrons. The van der Waals surface area contributed by atoms with Crippen LogP contribution in [0.5, 0.6) is 0 Å². The summed E-state index contributed by atoms with van der Waals surface area (Å²) in [6.07, 6.45) is 10.9. The van der Waals surface area contributed by atoms with Crippen molar-refractivity contribution in [2.24, 2.45) is 0 Å². The second-order valence-electron chi connectivity index (χ2n) is 5.69. The van der Waals surface area contributed by atoms with E-state index >= 15 is 0 Å². The fraction of sp³-hybridized carbons (Fsp3) is 0.667. The van der Waals surface area contributed by atoms with Crippen LogP contribution < -0.4 is 5.32 Å². The van der Waals surface area contributed by atoms with Gasteiger partial charge in [-0.05, 0) is 59.3 Å². The van der Waals surface area contributed by atoms with E-state index in [1.807, 2.05) is 0 Å². The average Bonchev–Trinajstić information content (AvgIpc) is 2.48. The summed E-state index contributed by atoms with van der Waals surface area (Å²) in [5.74, 6) is 0. The number of unbranched alkanes of at least 4 members (excludes halogenated alkanes) is 6. The first kappa shape index (κ1) is 19.4. The lowest BCUT2D eigenvalue weighted by Gasteiger charge is -2.20. The maximum absolute atomic E-state index is 3.71. The van der Waals surface area contributed by atoms with Gasteiger partial charge in [0.1, 0.15) is 0 Å². The predicted octanol–water partition coefficient (Wildman–Crippen LogP) is 6.85. The molecular formula is C18H29BrIN. The van der Waals surface area contributed by atoms with Gasteiger partial charge in [0.05, 0.1) is 0 Å². The van der Waals surface area contributed by atoms with Gasteiger partial charge < -0.3 is 5.32 Å². The zero-order chi connectivity index (χ0) is 15.5. The lowest BCUT2D eigenvalue weighted by atomic mass is 9.99. The summed E-state index contributed by atoms with van der Waals surface area (Å²) in [4.78, 5) is 0. The van der Waals surface area contributed by atoms with Crippen LogP contribution in [0.1, 0.15) is 76.8 Å². The molecule has 0 bridgehead atoms. The molecule has 0 spiro atoms. The molecule has 1 atom stereocenters. The molecule has 0 saturated heterocycles. The molecule has 1 unspecified atom stereocenters. The van der Waals surface area contributed by atoms with Crippen molar-refractivity contribution in [2.75, 3.05) is 6.54 Å². The third-order valence-corrected chi connectivity index (χ3v) is 5.27. The van der Waals surface area contributed by atoms with E-state index in [-0.39, 0.29) is 0 Å². The van der Waals surface area contributed by atoms with E-state index in [0.717, 1.165) is 6.54 Å². The summed E-state index contributed by atoms with van der Waals surface area (Å²) in [7, 11) is 0. The number of nitrogens with one attached hydrogen (secondary N) is 1. The molecule has 0 aliphatic carbocycles. The van der Waals surface area contributed by atoms with E-state index in [1.54, 1.807) is 0 Å². The summed E-state index contributed by atoms with van der Waals surface area (Å²) in [5, 5.41) is 3.64. The molecule has 1 aromatic carbocycles. The van der Waals surface area contributed by atoms with Crippen molar-refractivity contribution in [2.45, 2.75) is 71.3 Å². The van der Waals surface area contributed by atoms with Gasteiger partial charge in [0.15, 0.2) is 0 Å². The van der Waals surface area contributed by atoms with Gasteiger partial charge in [-0.2, -0.15) is 0 Å². The minimum atomic E-state index is 0.481. The minimum Gasteiger partial charge on any atom is -0.310 e. The monoisotopic (exact) mass is 465 g/mol. The van der Waals surface area contributed by atoms with Crippen LogP contribution >= 0.6 is 38.5 Å². The highest BCUT2D eigenvalue weighted by Gasteiger charge is 2.13. The van der Waals surface area contributed by atoms with Crippen molar-refractivity contribution >= 4 is 38.5 Å². The Morgan fingerprint density at radius 2 is 1.71 bits per heavy atom. The fourth-order valence-corrected chi connectivity index (χ4v) is 3.74. The molecule has 0 amide bonds. The maximum atomic E-state index is 3.71. The van der Waals surface area contributed by atoms with E-state index in [0.29, 0.717) is 6.04 Å². The third-order valence-electron chi connectivity index (χ3n) is 3.88. The Morgan fingerprint density at radius 1 is 1.05 bits per heavy atom. The lowest BCUT2D eigenvalue weighted by molar-refractivity contribution is 0.474. The molecule has 0 aliphatic rings. The summed E-state index contributed by atoms with van der Waals surface area (Å²) in [5.41, 5.74) is 1.41. The number of hydrogen-bond donors (Lipinski definition) is 1. The van der Waals surface area contributed by atoms with Crippen LogP contribution in [-0.2, 0) is 0 Å². The number of hydrogen-bond acceptors (Lipinski definition) is 1. The molecule has 1 N–H and O–H groups in total. The first-order valence-corrected chi connectivity index (χ1v) is 10.2. The van der Waals surface area contributed by atoms with Crippen molar-refractivity contribution < 1.29 is 0 Å². The van der Waals surface area contributed by atoms with E-state index < -0.39 is 0 Å². The van der Waals surface area contributed by atoms with Gasteiger partial charge in [0, 0.05) is 14.1 Å². The van der Waals surface area contributed by atoms with Gasteiger partial charge in [-0.25, -0.2) is 0 Å². The summed E-state index contributed by atoms with van der Waals surface area (Å²) in [6, 6.07) is 7.12. The van der Waals surface area contributed by atoms with Gasteiger partial charge in [-0.15, -0.1) is 0 Å². The van der Waals surface area contributed by atoms with Crippen molar-refractivity contribution in [3.8, 4) is 0 Å². The fourth-order valence-electron chi connectivity index (χ4n) is 2.70. The zero-order valence-corrected chi connectivity index (χ0v) is 17.2. The standard InChI is InChI=1S/C18H29BrIN/c1-3-5-6-7-8-9-10-11-18(21-4-2)16-14-15(20)12-13-17(16)19/h12-14,18,21H,3-11H2,1-2H3. The molecule has 1 aromatic rings. The van der Waals surface area contributed by atoms with Gasteiger partial charge >= 0.3 is 0 Å². The van der Waals surface area contributed by atoms with Gasteiger partial charge in [-0.1, -0.05) is 74.7 Å². The van der Waals surface area contributed by atoms with Crippen LogP contribution in [0.15, 0.2) is 22.7 Å². The smallest absolute Gasteiger partial charge is 0.0331 e. The molecule has 3 heteroatoms. The Morgan fingerprint density at radius 3 is 2.38 bits per heavy atom. The topological polar surface area (TPSA) is 12.0 Å². The minimum absolute atomic E-state index is 0.481. The lowest BCUT2D eigenvalue weighted by Crippen LogP contribution is -2.21. The Balaban J connectivity index is 2.41. The van der Waals surface area contributed by atoms with Crippen LogP contribution in [0, 0.1) is 3.57 Å². The van der Waals surface area contributed by atoms with Crippen LogP contribution in [0.4, 0.5) is 0 Å². The molecule has 0 aliphatic heterocycles. The van der Waals surface area contributed by atoms with Crippen LogP contribution in [0.3, 0.4) is 0 Å². The van der Waals surface area contributed by atoms with Crippen LogP contribution in [0.25, 0.3) is 0 Å². The molecule has 1 nitrogen and oxygen atoms in total. The van der Waals surface area contributed by atoms with E-state index in [1.165, 1.54) is 65.0 Å². The Hall–Kier alpha value is 0.390. The number of halogens is 2. The van der Waals surface area contributed by atoms with Crippen molar-refractivity contribution in [3.05, 3.63) is 31.8 Å². The Bertz CT molecular complexity index is 395. The number of rotatable bonds is 11. The Kier molecular flexibility index (Phi) is 11.0. The van der Waals surface area contributed by atoms with Crippen LogP contribution in [0.2, 0.25) is 0 Å². The zero-order valence-electron chi connectivity index (χ0n) is 13.4. The molecule has 0 fully saturated rings. The predicted molar refractivity (Wildman–Crippen MR) is 106 cm³/mol. The molecule has 0 saturated carbocycles. The molecule has 21 heavy (non-hydrogen) atoms. The summed E-state index contributed by atoms with van der Waals surface area (Å²) >= 11 is 6.11. The quantitative estimate of drug-likeness (QED) is 0.278. The van der Waals surface area contributed by atoms with E-state index in [4.69, 9.17) is 0 Å². The summed E-state index contributed by atoms with van der Waals surface area (Å²) < 4.78 is 2.55. The molecular weight excluding hydrogens is 437 g/mol. The normalized spacial score (nSPS) is 12.6. The second kappa shape index (κ2) is 11.9. The molecule has 0 radical (unpaired) electrons. The van der Waals surface area contributed by atoms with Gasteiger partial charge in [0.2, 0.25) is 0 Å². The first-order chi connectivity index (χ1) is 10.2. The number of benzene rings is 1. The second-order valence-corrected chi connectivity index (χ2v) is 7.79. The van der Waals surface area contributed by atoms with Crippen LogP contribution in [-0.4, -0.2) is 6.54 Å². The maximum Gasteiger partial charge on any atom is 0.0331 e. The highest BCUT2D eigenvalue weighted by molar-refractivity contribution is 14.1. The van der Waals surface area contributed by atoms with E-state index in [2.05, 4.69) is 75.9 Å². The molecule has 1 rings (SSSR count). The Labute approximate surface area is 152 Å². The SMILES string of the molecule is CCCCCCCCCC(NCC)c1cc(I)ccc1Br. The van der Waals surface area contributed by atoms with Crippen molar-refractivity contribution in [1.82, 2.24) is 5.32 Å². The molecule has 0 aromatic heterocycles. The largest absolute Gasteiger partial charge is 0.310 e. The highest BCUT2D eigenvalue weighted by Crippen LogP contribution is 2.29. The van der Waals surface area contributed by atoms with E-state index in [9.17, 15) is 0 Å². The first-order valence-electron chi connectivity index (χ1n) is 8.37. The van der Waals surface area contributed by atoms with Gasteiger partial charge in [-0.3, -0.25) is 0 Å². The summed E-state index contributed by atoms with van der Waals surface area (Å²) in [6.45, 7) is 5.50. The molecule has 0 heterocycles. The third kappa shape index (κ3) is 7.98. The van der Waals surface area contributed by atoms with Crippen molar-refractivity contribution in [1.29, 1.82) is 0 Å².